The third-order valence-electron chi connectivity index (χ3n) is 3.66. The van der Waals surface area contributed by atoms with Gasteiger partial charge in [0.25, 0.3) is 0 Å². The van der Waals surface area contributed by atoms with Gasteiger partial charge in [-0.1, -0.05) is 31.2 Å². The van der Waals surface area contributed by atoms with Crippen LogP contribution in [0.5, 0.6) is 0 Å². The van der Waals surface area contributed by atoms with Crippen molar-refractivity contribution in [3.63, 3.8) is 0 Å². The molecule has 0 unspecified atom stereocenters. The summed E-state index contributed by atoms with van der Waals surface area (Å²) in [6.45, 7) is 5.42. The second-order valence-corrected chi connectivity index (χ2v) is 6.15. The van der Waals surface area contributed by atoms with Crippen LogP contribution >= 0.6 is 11.3 Å². The number of benzene rings is 1. The summed E-state index contributed by atoms with van der Waals surface area (Å²) < 4.78 is 0. The maximum Gasteiger partial charge on any atom is 0.0928 e. The average molecular weight is 272 g/mol. The van der Waals surface area contributed by atoms with Crippen molar-refractivity contribution in [3.05, 3.63) is 51.5 Å². The maximum atomic E-state index is 4.73. The fraction of sp³-hybridized carbons (Fsp3) is 0.438. The number of aromatic nitrogens is 1. The van der Waals surface area contributed by atoms with Crippen molar-refractivity contribution in [2.24, 2.45) is 0 Å². The Morgan fingerprint density at radius 2 is 2.11 bits per heavy atom. The molecule has 1 aromatic carbocycles. The molecule has 3 heteroatoms. The lowest BCUT2D eigenvalue weighted by atomic mass is 10.00. The molecule has 2 heterocycles. The summed E-state index contributed by atoms with van der Waals surface area (Å²) in [5, 5.41) is 3.51. The van der Waals surface area contributed by atoms with Crippen molar-refractivity contribution in [1.82, 2.24) is 9.88 Å². The monoisotopic (exact) mass is 272 g/mol. The van der Waals surface area contributed by atoms with E-state index in [1.165, 1.54) is 34.7 Å². The fourth-order valence-corrected chi connectivity index (χ4v) is 3.56. The maximum absolute atomic E-state index is 4.73. The van der Waals surface area contributed by atoms with E-state index in [1.807, 2.05) is 11.3 Å². The van der Waals surface area contributed by atoms with Crippen molar-refractivity contribution in [3.8, 4) is 0 Å². The van der Waals surface area contributed by atoms with Gasteiger partial charge >= 0.3 is 0 Å². The van der Waals surface area contributed by atoms with E-state index >= 15 is 0 Å². The number of hydrogen-bond acceptors (Lipinski definition) is 3. The first-order valence-corrected chi connectivity index (χ1v) is 7.95. The molecule has 2 nitrogen and oxygen atoms in total. The molecule has 19 heavy (non-hydrogen) atoms. The first-order chi connectivity index (χ1) is 9.35. The van der Waals surface area contributed by atoms with Crippen molar-refractivity contribution in [1.29, 1.82) is 0 Å². The molecule has 0 spiro atoms. The van der Waals surface area contributed by atoms with E-state index in [4.69, 9.17) is 4.98 Å². The second-order valence-electron chi connectivity index (χ2n) is 5.21. The third-order valence-corrected chi connectivity index (χ3v) is 4.62. The van der Waals surface area contributed by atoms with Crippen molar-refractivity contribution < 1.29 is 0 Å². The largest absolute Gasteiger partial charge is 0.293 e. The lowest BCUT2D eigenvalue weighted by Gasteiger charge is -2.27. The van der Waals surface area contributed by atoms with E-state index in [0.29, 0.717) is 0 Å². The molecule has 1 aromatic heterocycles. The van der Waals surface area contributed by atoms with Crippen LogP contribution < -0.4 is 0 Å². The van der Waals surface area contributed by atoms with E-state index < -0.39 is 0 Å². The minimum absolute atomic E-state index is 0.995. The highest BCUT2D eigenvalue weighted by Gasteiger charge is 2.16. The summed E-state index contributed by atoms with van der Waals surface area (Å²) in [7, 11) is 0. The van der Waals surface area contributed by atoms with Crippen LogP contribution in [-0.4, -0.2) is 16.4 Å². The molecule has 100 valence electrons. The molecule has 0 saturated heterocycles. The van der Waals surface area contributed by atoms with Crippen molar-refractivity contribution in [2.75, 3.05) is 6.54 Å². The Bertz CT molecular complexity index is 547. The quantitative estimate of drug-likeness (QED) is 0.844. The summed E-state index contributed by atoms with van der Waals surface area (Å²) in [6.07, 6.45) is 3.47. The van der Waals surface area contributed by atoms with Crippen LogP contribution in [-0.2, 0) is 25.9 Å². The minimum Gasteiger partial charge on any atom is -0.293 e. The van der Waals surface area contributed by atoms with Crippen LogP contribution in [0.15, 0.2) is 29.6 Å². The Morgan fingerprint density at radius 1 is 1.26 bits per heavy atom. The van der Waals surface area contributed by atoms with Crippen LogP contribution in [0.2, 0.25) is 0 Å². The summed E-state index contributed by atoms with van der Waals surface area (Å²) in [6, 6.07) is 8.80. The Morgan fingerprint density at radius 3 is 2.95 bits per heavy atom. The summed E-state index contributed by atoms with van der Waals surface area (Å²) >= 11 is 1.81. The van der Waals surface area contributed by atoms with Crippen LogP contribution in [0.4, 0.5) is 0 Å². The molecule has 3 rings (SSSR count). The van der Waals surface area contributed by atoms with E-state index in [0.717, 1.165) is 26.1 Å². The van der Waals surface area contributed by atoms with Gasteiger partial charge in [0.05, 0.1) is 10.7 Å². The molecule has 0 bridgehead atoms. The van der Waals surface area contributed by atoms with Crippen LogP contribution in [0.1, 0.15) is 35.2 Å². The lowest BCUT2D eigenvalue weighted by molar-refractivity contribution is 0.243. The Hall–Kier alpha value is -1.19. The Kier molecular flexibility index (Phi) is 3.95. The molecular weight excluding hydrogens is 252 g/mol. The van der Waals surface area contributed by atoms with Crippen molar-refractivity contribution >= 4 is 11.3 Å². The summed E-state index contributed by atoms with van der Waals surface area (Å²) in [5.74, 6) is 0. The predicted octanol–water partition coefficient (Wildman–Crippen LogP) is 3.65. The van der Waals surface area contributed by atoms with Gasteiger partial charge in [0.2, 0.25) is 0 Å². The molecule has 2 aromatic rings. The molecule has 0 fully saturated rings. The molecule has 0 aliphatic carbocycles. The number of thiazole rings is 1. The zero-order valence-electron chi connectivity index (χ0n) is 11.4. The van der Waals surface area contributed by atoms with Gasteiger partial charge in [-0.05, 0) is 30.4 Å². The number of hydrogen-bond donors (Lipinski definition) is 0. The molecule has 1 aliphatic rings. The topological polar surface area (TPSA) is 16.1 Å². The molecule has 1 aliphatic heterocycles. The molecule has 0 radical (unpaired) electrons. The van der Waals surface area contributed by atoms with Gasteiger partial charge in [0, 0.05) is 25.0 Å². The second kappa shape index (κ2) is 5.85. The molecule has 0 N–H and O–H groups in total. The van der Waals surface area contributed by atoms with Gasteiger partial charge in [-0.25, -0.2) is 4.98 Å². The molecular formula is C16H20N2S. The van der Waals surface area contributed by atoms with Gasteiger partial charge in [-0.3, -0.25) is 4.90 Å². The normalized spacial score (nSPS) is 15.4. The predicted molar refractivity (Wildman–Crippen MR) is 80.4 cm³/mol. The SMILES string of the molecule is CCCc1nc(CN2CCc3ccccc3C2)cs1. The highest BCUT2D eigenvalue weighted by atomic mass is 32.1. The van der Waals surface area contributed by atoms with E-state index in [-0.39, 0.29) is 0 Å². The number of nitrogens with zero attached hydrogens (tertiary/aromatic N) is 2. The molecule has 0 atom stereocenters. The van der Waals surface area contributed by atoms with Crippen LogP contribution in [0.3, 0.4) is 0 Å². The van der Waals surface area contributed by atoms with Gasteiger partial charge in [0.1, 0.15) is 0 Å². The third kappa shape index (κ3) is 3.04. The summed E-state index contributed by atoms with van der Waals surface area (Å²) in [4.78, 5) is 7.23. The fourth-order valence-electron chi connectivity index (χ4n) is 2.67. The Labute approximate surface area is 119 Å². The first-order valence-electron chi connectivity index (χ1n) is 7.07. The van der Waals surface area contributed by atoms with E-state index in [1.54, 1.807) is 0 Å². The average Bonchev–Trinajstić information content (AvgIpc) is 2.86. The first kappa shape index (κ1) is 12.8. The zero-order valence-corrected chi connectivity index (χ0v) is 12.2. The van der Waals surface area contributed by atoms with Crippen LogP contribution in [0, 0.1) is 0 Å². The standard InChI is InChI=1S/C16H20N2S/c1-2-5-16-17-15(12-19-16)11-18-9-8-13-6-3-4-7-14(13)10-18/h3-4,6-7,12H,2,5,8-11H2,1H3. The van der Waals surface area contributed by atoms with Crippen LogP contribution in [0.25, 0.3) is 0 Å². The Balaban J connectivity index is 1.65. The van der Waals surface area contributed by atoms with Gasteiger partial charge in [-0.15, -0.1) is 11.3 Å². The number of fused-ring (bicyclic) bond motifs is 1. The van der Waals surface area contributed by atoms with Crippen molar-refractivity contribution in [2.45, 2.75) is 39.3 Å². The minimum atomic E-state index is 0.995. The highest BCUT2D eigenvalue weighted by molar-refractivity contribution is 7.09. The molecule has 0 amide bonds. The molecule has 0 saturated carbocycles. The number of rotatable bonds is 4. The van der Waals surface area contributed by atoms with E-state index in [2.05, 4.69) is 41.5 Å². The smallest absolute Gasteiger partial charge is 0.0928 e. The van der Waals surface area contributed by atoms with E-state index in [9.17, 15) is 0 Å². The van der Waals surface area contributed by atoms with Gasteiger partial charge in [0.15, 0.2) is 0 Å². The zero-order chi connectivity index (χ0) is 13.1. The summed E-state index contributed by atoms with van der Waals surface area (Å²) in [5.41, 5.74) is 4.24. The highest BCUT2D eigenvalue weighted by Crippen LogP contribution is 2.21. The van der Waals surface area contributed by atoms with Gasteiger partial charge < -0.3 is 0 Å². The van der Waals surface area contributed by atoms with Gasteiger partial charge in [-0.2, -0.15) is 0 Å². The number of aryl methyl sites for hydroxylation is 1. The lowest BCUT2D eigenvalue weighted by Crippen LogP contribution is -2.30.